The van der Waals surface area contributed by atoms with Crippen LogP contribution < -0.4 is 5.32 Å². The number of ketones is 1. The average molecular weight is 348 g/mol. The van der Waals surface area contributed by atoms with Gasteiger partial charge in [0.2, 0.25) is 11.7 Å². The van der Waals surface area contributed by atoms with Gasteiger partial charge in [0, 0.05) is 35.5 Å². The highest BCUT2D eigenvalue weighted by molar-refractivity contribution is 6.05. The van der Waals surface area contributed by atoms with E-state index in [0.29, 0.717) is 35.7 Å². The number of nitrogens with one attached hydrogen (secondary N) is 1. The summed E-state index contributed by atoms with van der Waals surface area (Å²) in [5.74, 6) is 0.548. The van der Waals surface area contributed by atoms with E-state index < -0.39 is 6.04 Å². The molecule has 2 heterocycles. The van der Waals surface area contributed by atoms with Gasteiger partial charge in [-0.05, 0) is 37.1 Å². The van der Waals surface area contributed by atoms with Gasteiger partial charge in [0.1, 0.15) is 6.04 Å². The summed E-state index contributed by atoms with van der Waals surface area (Å²) in [6, 6.07) is 8.38. The molecule has 0 bridgehead atoms. The van der Waals surface area contributed by atoms with Gasteiger partial charge in [-0.1, -0.05) is 17.3 Å². The van der Waals surface area contributed by atoms with E-state index in [-0.39, 0.29) is 11.7 Å². The van der Waals surface area contributed by atoms with Crippen molar-refractivity contribution < 1.29 is 14.1 Å². The third kappa shape index (κ3) is 2.88. The van der Waals surface area contributed by atoms with Gasteiger partial charge in [-0.15, -0.1) is 0 Å². The van der Waals surface area contributed by atoms with Gasteiger partial charge in [-0.25, -0.2) is 0 Å². The summed E-state index contributed by atoms with van der Waals surface area (Å²) in [4.78, 5) is 32.8. The van der Waals surface area contributed by atoms with Crippen LogP contribution in [0.1, 0.15) is 51.6 Å². The minimum atomic E-state index is -0.464. The zero-order valence-corrected chi connectivity index (χ0v) is 14.1. The number of benzene rings is 1. The molecule has 1 amide bonds. The molecule has 130 valence electrons. The minimum absolute atomic E-state index is 0.0840. The molecule has 0 aliphatic heterocycles. The normalized spacial score (nSPS) is 14.1. The van der Waals surface area contributed by atoms with Crippen LogP contribution in [0.3, 0.4) is 0 Å². The Morgan fingerprint density at radius 1 is 1.23 bits per heavy atom. The van der Waals surface area contributed by atoms with Crippen molar-refractivity contribution >= 4 is 11.7 Å². The summed E-state index contributed by atoms with van der Waals surface area (Å²) >= 11 is 0. The van der Waals surface area contributed by atoms with Gasteiger partial charge in [0.05, 0.1) is 0 Å². The summed E-state index contributed by atoms with van der Waals surface area (Å²) in [7, 11) is 0. The molecule has 0 radical (unpaired) electrons. The zero-order chi connectivity index (χ0) is 18.1. The molecule has 0 saturated heterocycles. The summed E-state index contributed by atoms with van der Waals surface area (Å²) in [5.41, 5.74) is 2.71. The Hall–Kier alpha value is -3.35. The number of nitrogens with zero attached hydrogens (tertiary/aromatic N) is 3. The van der Waals surface area contributed by atoms with Gasteiger partial charge >= 0.3 is 0 Å². The Morgan fingerprint density at radius 3 is 2.92 bits per heavy atom. The van der Waals surface area contributed by atoms with E-state index in [0.717, 1.165) is 11.1 Å². The highest BCUT2D eigenvalue weighted by Crippen LogP contribution is 2.26. The standard InChI is InChI=1S/C19H16N4O3/c1-11(19-22-17(23-26-19)12-4-3-9-20-10-12)21-18(25)15-6-2-5-14-13(15)7-8-16(14)24/h2-6,9-11H,7-8H2,1H3,(H,21,25)/t11-/m1/s1. The average Bonchev–Trinajstić information content (AvgIpc) is 3.30. The quantitative estimate of drug-likeness (QED) is 0.778. The number of Topliss-reactive ketones (excluding diaryl/α,β-unsaturated/α-hetero) is 1. The number of rotatable bonds is 4. The Balaban J connectivity index is 1.52. The Bertz CT molecular complexity index is 981. The largest absolute Gasteiger partial charge is 0.341 e. The second-order valence-corrected chi connectivity index (χ2v) is 6.15. The third-order valence-corrected chi connectivity index (χ3v) is 4.40. The number of carbonyl (C=O) groups excluding carboxylic acids is 2. The van der Waals surface area contributed by atoms with Gasteiger partial charge in [-0.2, -0.15) is 4.98 Å². The molecule has 0 fully saturated rings. The Morgan fingerprint density at radius 2 is 2.12 bits per heavy atom. The van der Waals surface area contributed by atoms with Crippen LogP contribution >= 0.6 is 0 Å². The van der Waals surface area contributed by atoms with Crippen molar-refractivity contribution in [2.75, 3.05) is 0 Å². The van der Waals surface area contributed by atoms with Crippen molar-refractivity contribution in [2.24, 2.45) is 0 Å². The van der Waals surface area contributed by atoms with Crippen LogP contribution in [0.5, 0.6) is 0 Å². The van der Waals surface area contributed by atoms with Crippen LogP contribution in [0, 0.1) is 0 Å². The molecule has 3 aromatic rings. The van der Waals surface area contributed by atoms with Crippen LogP contribution in [0.4, 0.5) is 0 Å². The van der Waals surface area contributed by atoms with Gasteiger partial charge in [0.15, 0.2) is 5.78 Å². The lowest BCUT2D eigenvalue weighted by atomic mass is 10.0. The number of aromatic nitrogens is 3. The molecule has 7 nitrogen and oxygen atoms in total. The van der Waals surface area contributed by atoms with E-state index >= 15 is 0 Å². The topological polar surface area (TPSA) is 98.0 Å². The van der Waals surface area contributed by atoms with Crippen LogP contribution in [-0.4, -0.2) is 26.8 Å². The van der Waals surface area contributed by atoms with E-state index in [1.165, 1.54) is 0 Å². The lowest BCUT2D eigenvalue weighted by Crippen LogP contribution is -2.27. The molecular formula is C19H16N4O3. The second-order valence-electron chi connectivity index (χ2n) is 6.15. The van der Waals surface area contributed by atoms with E-state index in [9.17, 15) is 9.59 Å². The predicted octanol–water partition coefficient (Wildman–Crippen LogP) is 2.75. The first-order valence-electron chi connectivity index (χ1n) is 8.33. The van der Waals surface area contributed by atoms with Crippen LogP contribution in [0.15, 0.2) is 47.2 Å². The number of amides is 1. The van der Waals surface area contributed by atoms with Crippen LogP contribution in [0.2, 0.25) is 0 Å². The van der Waals surface area contributed by atoms with Crippen molar-refractivity contribution in [1.29, 1.82) is 0 Å². The molecule has 1 atom stereocenters. The first-order chi connectivity index (χ1) is 12.6. The van der Waals surface area contributed by atoms with Crippen molar-refractivity contribution in [1.82, 2.24) is 20.4 Å². The number of fused-ring (bicyclic) bond motifs is 1. The molecule has 0 spiro atoms. The van der Waals surface area contributed by atoms with Crippen LogP contribution in [0.25, 0.3) is 11.4 Å². The SMILES string of the molecule is C[C@@H](NC(=O)c1cccc2c1CCC2=O)c1nc(-c2cccnc2)no1. The fourth-order valence-corrected chi connectivity index (χ4v) is 3.06. The number of hydrogen-bond acceptors (Lipinski definition) is 6. The molecule has 0 saturated carbocycles. The minimum Gasteiger partial charge on any atom is -0.341 e. The van der Waals surface area contributed by atoms with Gasteiger partial charge in [-0.3, -0.25) is 14.6 Å². The lowest BCUT2D eigenvalue weighted by molar-refractivity contribution is 0.0931. The lowest BCUT2D eigenvalue weighted by Gasteiger charge is -2.12. The van der Waals surface area contributed by atoms with Gasteiger partial charge < -0.3 is 9.84 Å². The third-order valence-electron chi connectivity index (χ3n) is 4.40. The maximum Gasteiger partial charge on any atom is 0.252 e. The highest BCUT2D eigenvalue weighted by atomic mass is 16.5. The molecule has 2 aromatic heterocycles. The first kappa shape index (κ1) is 16.1. The highest BCUT2D eigenvalue weighted by Gasteiger charge is 2.26. The summed E-state index contributed by atoms with van der Waals surface area (Å²) in [5, 5.41) is 6.79. The molecule has 1 aliphatic carbocycles. The molecule has 0 unspecified atom stereocenters. The fourth-order valence-electron chi connectivity index (χ4n) is 3.06. The maximum atomic E-state index is 12.6. The zero-order valence-electron chi connectivity index (χ0n) is 14.1. The molecule has 1 N–H and O–H groups in total. The number of carbonyl (C=O) groups is 2. The van der Waals surface area contributed by atoms with E-state index in [2.05, 4.69) is 20.4 Å². The first-order valence-corrected chi connectivity index (χ1v) is 8.33. The molecule has 26 heavy (non-hydrogen) atoms. The summed E-state index contributed by atoms with van der Waals surface area (Å²) in [6.45, 7) is 1.77. The molecule has 7 heteroatoms. The summed E-state index contributed by atoms with van der Waals surface area (Å²) < 4.78 is 5.27. The Labute approximate surface area is 149 Å². The van der Waals surface area contributed by atoms with E-state index in [1.54, 1.807) is 43.6 Å². The van der Waals surface area contributed by atoms with Crippen molar-refractivity contribution in [3.63, 3.8) is 0 Å². The molecule has 1 aromatic carbocycles. The number of hydrogen-bond donors (Lipinski definition) is 1. The predicted molar refractivity (Wildman–Crippen MR) is 92.5 cm³/mol. The fraction of sp³-hybridized carbons (Fsp3) is 0.211. The smallest absolute Gasteiger partial charge is 0.252 e. The molecule has 4 rings (SSSR count). The monoisotopic (exact) mass is 348 g/mol. The molecule has 1 aliphatic rings. The van der Waals surface area contributed by atoms with E-state index in [4.69, 9.17) is 4.52 Å². The van der Waals surface area contributed by atoms with Gasteiger partial charge in [0.25, 0.3) is 5.91 Å². The Kier molecular flexibility index (Phi) is 4.04. The van der Waals surface area contributed by atoms with Crippen molar-refractivity contribution in [2.45, 2.75) is 25.8 Å². The second kappa shape index (κ2) is 6.51. The summed E-state index contributed by atoms with van der Waals surface area (Å²) in [6.07, 6.45) is 4.35. The van der Waals surface area contributed by atoms with Crippen molar-refractivity contribution in [3.8, 4) is 11.4 Å². The maximum absolute atomic E-state index is 12.6. The van der Waals surface area contributed by atoms with E-state index in [1.807, 2.05) is 6.07 Å². The van der Waals surface area contributed by atoms with Crippen molar-refractivity contribution in [3.05, 3.63) is 65.3 Å². The van der Waals surface area contributed by atoms with Crippen LogP contribution in [-0.2, 0) is 6.42 Å². The molecular weight excluding hydrogens is 332 g/mol. The number of pyridine rings is 1.